The number of nitrogens with zero attached hydrogens (tertiary/aromatic N) is 5. The van der Waals surface area contributed by atoms with Crippen molar-refractivity contribution >= 4 is 56.3 Å². The molecule has 12 rings (SSSR count). The van der Waals surface area contributed by atoms with E-state index in [9.17, 15) is 0 Å². The van der Waals surface area contributed by atoms with E-state index in [1.807, 2.05) is 6.07 Å². The second-order valence-electron chi connectivity index (χ2n) is 17.2. The molecule has 7 aromatic carbocycles. The van der Waals surface area contributed by atoms with Crippen molar-refractivity contribution < 1.29 is 0 Å². The van der Waals surface area contributed by atoms with Crippen LogP contribution >= 0.6 is 0 Å². The Labute approximate surface area is 352 Å². The zero-order valence-corrected chi connectivity index (χ0v) is 34.5. The van der Waals surface area contributed by atoms with Crippen molar-refractivity contribution in [3.8, 4) is 28.7 Å². The lowest BCUT2D eigenvalue weighted by Crippen LogP contribution is -2.74. The highest BCUT2D eigenvalue weighted by molar-refractivity contribution is 7.19. The fourth-order valence-electron chi connectivity index (χ4n) is 11.5. The third-order valence-electron chi connectivity index (χ3n) is 14.0. The maximum atomic E-state index is 5.43. The van der Waals surface area contributed by atoms with Crippen LogP contribution in [-0.2, 0) is 0 Å². The number of piperidine rings is 1. The minimum Gasteiger partial charge on any atom is -0.366 e. The van der Waals surface area contributed by atoms with Crippen LogP contribution in [0.4, 0.5) is 5.69 Å². The second-order valence-corrected chi connectivity index (χ2v) is 21.0. The maximum Gasteiger partial charge on any atom is 0.238 e. The van der Waals surface area contributed by atoms with Gasteiger partial charge in [-0.15, -0.1) is 0 Å². The van der Waals surface area contributed by atoms with Gasteiger partial charge < -0.3 is 4.90 Å². The van der Waals surface area contributed by atoms with Crippen molar-refractivity contribution in [1.29, 1.82) is 0 Å². The van der Waals surface area contributed by atoms with Crippen molar-refractivity contribution in [3.63, 3.8) is 0 Å². The second kappa shape index (κ2) is 14.3. The number of hydrogen-bond donors (Lipinski definition) is 0. The van der Waals surface area contributed by atoms with E-state index in [-0.39, 0.29) is 0 Å². The number of rotatable bonds is 8. The molecule has 2 aromatic heterocycles. The monoisotopic (exact) mass is 791 g/mol. The van der Waals surface area contributed by atoms with Crippen molar-refractivity contribution in [2.75, 3.05) is 4.90 Å². The van der Waals surface area contributed by atoms with Crippen LogP contribution < -0.4 is 25.6 Å². The number of benzene rings is 7. The lowest BCUT2D eigenvalue weighted by molar-refractivity contribution is 0.234. The molecule has 60 heavy (non-hydrogen) atoms. The summed E-state index contributed by atoms with van der Waals surface area (Å²) in [4.78, 5) is 18.8. The van der Waals surface area contributed by atoms with Crippen LogP contribution in [0.15, 0.2) is 188 Å². The van der Waals surface area contributed by atoms with Crippen LogP contribution in [0, 0.1) is 11.8 Å². The number of para-hydroxylation sites is 1. The summed E-state index contributed by atoms with van der Waals surface area (Å²) in [5.74, 6) is 3.78. The third kappa shape index (κ3) is 5.61. The summed E-state index contributed by atoms with van der Waals surface area (Å²) in [6.45, 7) is 0. The first-order valence-corrected chi connectivity index (χ1v) is 23.6. The van der Waals surface area contributed by atoms with Gasteiger partial charge in [-0.2, -0.15) is 9.97 Å². The van der Waals surface area contributed by atoms with E-state index in [0.29, 0.717) is 29.7 Å². The van der Waals surface area contributed by atoms with Gasteiger partial charge in [0.2, 0.25) is 5.95 Å². The standard InChI is InChI=1S/C54H45N5Si/c1-5-16-37(17-6-1)52-55-53(39-18-15-25-47(35-39)60(44-19-7-2-8-20-44,45-21-9-3-10-22-45)46-23-11-4-12-24-46)57-54(56-52)59-50-27-14-13-26-48(50)49-36-42(30-31-51(49)59)58-41-29-28-38-32-43(58)34-40(38)33-41/h1-27,30-31,35-36,38,40-41,43H,28-29,32-34H2. The largest absolute Gasteiger partial charge is 0.366 e. The minimum atomic E-state index is -2.79. The Kier molecular flexibility index (Phi) is 8.41. The van der Waals surface area contributed by atoms with Gasteiger partial charge >= 0.3 is 0 Å². The molecule has 2 saturated carbocycles. The van der Waals surface area contributed by atoms with E-state index >= 15 is 0 Å². The molecule has 0 spiro atoms. The first kappa shape index (κ1) is 35.3. The van der Waals surface area contributed by atoms with Crippen molar-refractivity contribution in [1.82, 2.24) is 19.5 Å². The number of hydrogen-bond acceptors (Lipinski definition) is 4. The summed E-state index contributed by atoms with van der Waals surface area (Å²) in [6.07, 6.45) is 6.77. The van der Waals surface area contributed by atoms with Gasteiger partial charge in [-0.1, -0.05) is 164 Å². The zero-order chi connectivity index (χ0) is 39.6. The molecule has 0 N–H and O–H groups in total. The predicted molar refractivity (Wildman–Crippen MR) is 249 cm³/mol. The zero-order valence-electron chi connectivity index (χ0n) is 33.5. The van der Waals surface area contributed by atoms with Gasteiger partial charge in [0.05, 0.1) is 11.0 Å². The maximum absolute atomic E-state index is 5.43. The molecule has 3 heterocycles. The van der Waals surface area contributed by atoms with Gasteiger partial charge in [-0.25, -0.2) is 4.98 Å². The number of aromatic nitrogens is 4. The summed E-state index contributed by atoms with van der Waals surface area (Å²) in [7, 11) is -2.79. The molecule has 1 aliphatic heterocycles. The predicted octanol–water partition coefficient (Wildman–Crippen LogP) is 9.45. The van der Waals surface area contributed by atoms with Crippen molar-refractivity contribution in [2.45, 2.75) is 44.2 Å². The van der Waals surface area contributed by atoms with Crippen LogP contribution in [0.2, 0.25) is 0 Å². The summed E-state index contributed by atoms with van der Waals surface area (Å²) in [5.41, 5.74) is 5.49. The Morgan fingerprint density at radius 1 is 0.417 bits per heavy atom. The molecule has 1 saturated heterocycles. The highest BCUT2D eigenvalue weighted by atomic mass is 28.3. The minimum absolute atomic E-state index is 0.621. The molecule has 4 unspecified atom stereocenters. The van der Waals surface area contributed by atoms with Gasteiger partial charge in [0.15, 0.2) is 19.7 Å². The molecule has 2 aliphatic carbocycles. The van der Waals surface area contributed by atoms with E-state index < -0.39 is 8.07 Å². The first-order valence-electron chi connectivity index (χ1n) is 21.6. The Morgan fingerprint density at radius 3 is 1.67 bits per heavy atom. The highest BCUT2D eigenvalue weighted by Crippen LogP contribution is 2.52. The fourth-order valence-corrected chi connectivity index (χ4v) is 16.3. The Morgan fingerprint density at radius 2 is 0.967 bits per heavy atom. The summed E-state index contributed by atoms with van der Waals surface area (Å²) >= 11 is 0. The summed E-state index contributed by atoms with van der Waals surface area (Å²) in [6, 6.07) is 69.8. The molecule has 290 valence electrons. The summed E-state index contributed by atoms with van der Waals surface area (Å²) < 4.78 is 2.26. The van der Waals surface area contributed by atoms with E-state index in [2.05, 4.69) is 191 Å². The first-order chi connectivity index (χ1) is 29.7. The van der Waals surface area contributed by atoms with E-state index in [1.54, 1.807) is 0 Å². The van der Waals surface area contributed by atoms with E-state index in [0.717, 1.165) is 34.0 Å². The molecule has 9 aromatic rings. The Balaban J connectivity index is 1.06. The quantitative estimate of drug-likeness (QED) is 0.114. The highest BCUT2D eigenvalue weighted by Gasteiger charge is 2.48. The van der Waals surface area contributed by atoms with Gasteiger partial charge in [-0.3, -0.25) is 4.57 Å². The Hall–Kier alpha value is -6.63. The lowest BCUT2D eigenvalue weighted by Gasteiger charge is -2.44. The molecule has 3 aliphatic rings. The van der Waals surface area contributed by atoms with E-state index in [1.165, 1.54) is 69.3 Å². The lowest BCUT2D eigenvalue weighted by atomic mass is 9.78. The van der Waals surface area contributed by atoms with Gasteiger partial charge in [-0.05, 0) is 89.0 Å². The van der Waals surface area contributed by atoms with Crippen molar-refractivity contribution in [2.24, 2.45) is 11.8 Å². The average Bonchev–Trinajstić information content (AvgIpc) is 3.79. The Bertz CT molecular complexity index is 2900. The van der Waals surface area contributed by atoms with Crippen LogP contribution in [-0.4, -0.2) is 39.7 Å². The van der Waals surface area contributed by atoms with Crippen LogP contribution in [0.25, 0.3) is 50.5 Å². The van der Waals surface area contributed by atoms with Gasteiger partial charge in [0.25, 0.3) is 0 Å². The molecule has 5 nitrogen and oxygen atoms in total. The van der Waals surface area contributed by atoms with E-state index in [4.69, 9.17) is 15.0 Å². The molecular formula is C54H45N5Si. The fraction of sp³-hybridized carbons (Fsp3) is 0.167. The van der Waals surface area contributed by atoms with Crippen LogP contribution in [0.3, 0.4) is 0 Å². The third-order valence-corrected chi connectivity index (χ3v) is 18.8. The molecule has 3 bridgehead atoms. The molecule has 6 heteroatoms. The topological polar surface area (TPSA) is 46.8 Å². The number of anilines is 1. The molecule has 0 radical (unpaired) electrons. The number of fused-ring (bicyclic) bond motifs is 5. The SMILES string of the molecule is c1ccc(-c2nc(-c3cccc([Si](c4ccccc4)(c4ccccc4)c4ccccc4)c3)nc(-n3c4ccccc4c4cc(N5C6CCC7CC5CC7C6)ccc43)n2)cc1. The van der Waals surface area contributed by atoms with Gasteiger partial charge in [0.1, 0.15) is 0 Å². The smallest absolute Gasteiger partial charge is 0.238 e. The molecule has 0 amide bonds. The van der Waals surface area contributed by atoms with Gasteiger partial charge in [0, 0.05) is 39.7 Å². The van der Waals surface area contributed by atoms with Crippen LogP contribution in [0.5, 0.6) is 0 Å². The van der Waals surface area contributed by atoms with Crippen LogP contribution in [0.1, 0.15) is 32.1 Å². The summed E-state index contributed by atoms with van der Waals surface area (Å²) in [5, 5.41) is 7.72. The normalized spacial score (nSPS) is 19.6. The molecular weight excluding hydrogens is 747 g/mol. The molecule has 4 atom stereocenters. The van der Waals surface area contributed by atoms with Crippen molar-refractivity contribution in [3.05, 3.63) is 188 Å². The molecule has 3 fully saturated rings. The average molecular weight is 792 g/mol.